The topological polar surface area (TPSA) is 87.7 Å². The zero-order valence-electron chi connectivity index (χ0n) is 20.6. The van der Waals surface area contributed by atoms with Crippen LogP contribution >= 0.6 is 0 Å². The number of rotatable bonds is 12. The van der Waals surface area contributed by atoms with Gasteiger partial charge in [0.05, 0.1) is 0 Å². The van der Waals surface area contributed by atoms with E-state index in [9.17, 15) is 14.4 Å². The van der Waals surface area contributed by atoms with E-state index in [0.29, 0.717) is 13.1 Å². The maximum absolute atomic E-state index is 13.3. The highest BCUT2D eigenvalue weighted by atomic mass is 16.6. The standard InChI is InChI=1S/C25H41N3O4/c1-7-9-13-16-26-23(30)22(20-15-12-11-14-19(20)3)28(17-10-8-2)21(29)18-27-24(31)32-25(4,5)6/h11-12,14-15,22H,7-10,13,16-18H2,1-6H3,(H,26,30)(H,27,31). The summed E-state index contributed by atoms with van der Waals surface area (Å²) in [5, 5.41) is 5.54. The normalized spacial score (nSPS) is 12.1. The molecule has 1 unspecified atom stereocenters. The van der Waals surface area contributed by atoms with Crippen molar-refractivity contribution in [1.82, 2.24) is 15.5 Å². The molecule has 0 fully saturated rings. The molecule has 0 saturated heterocycles. The van der Waals surface area contributed by atoms with E-state index in [1.54, 1.807) is 25.7 Å². The van der Waals surface area contributed by atoms with Crippen LogP contribution in [0, 0.1) is 6.92 Å². The Morgan fingerprint density at radius 3 is 2.25 bits per heavy atom. The van der Waals surface area contributed by atoms with Gasteiger partial charge in [-0.3, -0.25) is 9.59 Å². The number of nitrogens with zero attached hydrogens (tertiary/aromatic N) is 1. The van der Waals surface area contributed by atoms with Crippen LogP contribution in [0.4, 0.5) is 4.79 Å². The molecule has 7 nitrogen and oxygen atoms in total. The summed E-state index contributed by atoms with van der Waals surface area (Å²) in [5.41, 5.74) is 1.08. The van der Waals surface area contributed by atoms with Crippen LogP contribution in [0.5, 0.6) is 0 Å². The van der Waals surface area contributed by atoms with Gasteiger partial charge in [0.2, 0.25) is 11.8 Å². The number of alkyl carbamates (subject to hydrolysis) is 1. The number of amides is 3. The average molecular weight is 448 g/mol. The maximum Gasteiger partial charge on any atom is 0.408 e. The highest BCUT2D eigenvalue weighted by Gasteiger charge is 2.32. The number of ether oxygens (including phenoxy) is 1. The minimum Gasteiger partial charge on any atom is -0.444 e. The molecule has 0 heterocycles. The molecule has 0 saturated carbocycles. The van der Waals surface area contributed by atoms with Crippen molar-refractivity contribution in [1.29, 1.82) is 0 Å². The Balaban J connectivity index is 3.10. The number of hydrogen-bond acceptors (Lipinski definition) is 4. The van der Waals surface area contributed by atoms with Gasteiger partial charge in [0, 0.05) is 13.1 Å². The molecule has 0 aliphatic rings. The summed E-state index contributed by atoms with van der Waals surface area (Å²) in [6.07, 6.45) is 3.97. The molecular weight excluding hydrogens is 406 g/mol. The number of nitrogens with one attached hydrogen (secondary N) is 2. The van der Waals surface area contributed by atoms with Gasteiger partial charge in [-0.15, -0.1) is 0 Å². The Labute approximate surface area is 193 Å². The van der Waals surface area contributed by atoms with Gasteiger partial charge in [-0.05, 0) is 51.7 Å². The number of benzene rings is 1. The number of aryl methyl sites for hydroxylation is 1. The second-order valence-electron chi connectivity index (χ2n) is 9.05. The molecule has 3 amide bonds. The largest absolute Gasteiger partial charge is 0.444 e. The number of carbonyl (C=O) groups excluding carboxylic acids is 3. The molecule has 1 atom stereocenters. The SMILES string of the molecule is CCCCCNC(=O)C(c1ccccc1C)N(CCCC)C(=O)CNC(=O)OC(C)(C)C. The van der Waals surface area contributed by atoms with Crippen LogP contribution in [0.15, 0.2) is 24.3 Å². The first kappa shape index (κ1) is 27.5. The van der Waals surface area contributed by atoms with E-state index in [1.807, 2.05) is 38.1 Å². The fraction of sp³-hybridized carbons (Fsp3) is 0.640. The minimum absolute atomic E-state index is 0.197. The highest BCUT2D eigenvalue weighted by molar-refractivity contribution is 5.90. The third-order valence-electron chi connectivity index (χ3n) is 4.98. The molecule has 0 bridgehead atoms. The smallest absolute Gasteiger partial charge is 0.408 e. The van der Waals surface area contributed by atoms with Crippen LogP contribution in [0.3, 0.4) is 0 Å². The second-order valence-corrected chi connectivity index (χ2v) is 9.05. The van der Waals surface area contributed by atoms with Gasteiger partial charge < -0.3 is 20.3 Å². The first-order valence-electron chi connectivity index (χ1n) is 11.7. The molecule has 7 heteroatoms. The molecule has 180 valence electrons. The van der Waals surface area contributed by atoms with Gasteiger partial charge in [-0.2, -0.15) is 0 Å². The van der Waals surface area contributed by atoms with Gasteiger partial charge >= 0.3 is 6.09 Å². The van der Waals surface area contributed by atoms with Crippen molar-refractivity contribution in [3.8, 4) is 0 Å². The van der Waals surface area contributed by atoms with Crippen LogP contribution in [0.2, 0.25) is 0 Å². The van der Waals surface area contributed by atoms with Crippen molar-refractivity contribution in [2.75, 3.05) is 19.6 Å². The van der Waals surface area contributed by atoms with Gasteiger partial charge in [-0.25, -0.2) is 4.79 Å². The molecule has 0 radical (unpaired) electrons. The summed E-state index contributed by atoms with van der Waals surface area (Å²) in [6, 6.07) is 6.86. The van der Waals surface area contributed by atoms with Gasteiger partial charge in [0.15, 0.2) is 0 Å². The average Bonchev–Trinajstić information content (AvgIpc) is 2.72. The first-order chi connectivity index (χ1) is 15.1. The third kappa shape index (κ3) is 9.71. The Morgan fingerprint density at radius 1 is 1.00 bits per heavy atom. The molecule has 2 N–H and O–H groups in total. The van der Waals surface area contributed by atoms with Gasteiger partial charge in [-0.1, -0.05) is 57.4 Å². The lowest BCUT2D eigenvalue weighted by molar-refractivity contribution is -0.140. The van der Waals surface area contributed by atoms with E-state index in [4.69, 9.17) is 4.74 Å². The van der Waals surface area contributed by atoms with E-state index in [-0.39, 0.29) is 18.4 Å². The lowest BCUT2D eigenvalue weighted by Crippen LogP contribution is -2.48. The maximum atomic E-state index is 13.3. The Kier molecular flexibility index (Phi) is 11.8. The van der Waals surface area contributed by atoms with E-state index < -0.39 is 17.7 Å². The molecule has 1 rings (SSSR count). The molecule has 0 aliphatic heterocycles. The van der Waals surface area contributed by atoms with Crippen LogP contribution in [-0.2, 0) is 14.3 Å². The summed E-state index contributed by atoms with van der Waals surface area (Å²) in [6.45, 7) is 12.1. The Morgan fingerprint density at radius 2 is 1.66 bits per heavy atom. The summed E-state index contributed by atoms with van der Waals surface area (Å²) >= 11 is 0. The molecular formula is C25H41N3O4. The quantitative estimate of drug-likeness (QED) is 0.462. The van der Waals surface area contributed by atoms with E-state index in [0.717, 1.165) is 43.2 Å². The van der Waals surface area contributed by atoms with Crippen molar-refractivity contribution >= 4 is 17.9 Å². The van der Waals surface area contributed by atoms with Crippen molar-refractivity contribution in [3.05, 3.63) is 35.4 Å². The zero-order chi connectivity index (χ0) is 24.1. The summed E-state index contributed by atoms with van der Waals surface area (Å²) < 4.78 is 5.24. The van der Waals surface area contributed by atoms with Crippen molar-refractivity contribution in [2.45, 2.75) is 85.3 Å². The molecule has 0 aromatic heterocycles. The molecule has 32 heavy (non-hydrogen) atoms. The number of unbranched alkanes of at least 4 members (excludes halogenated alkanes) is 3. The minimum atomic E-state index is -0.752. The van der Waals surface area contributed by atoms with Crippen LogP contribution in [0.25, 0.3) is 0 Å². The fourth-order valence-corrected chi connectivity index (χ4v) is 3.32. The fourth-order valence-electron chi connectivity index (χ4n) is 3.32. The summed E-state index contributed by atoms with van der Waals surface area (Å²) in [7, 11) is 0. The van der Waals surface area contributed by atoms with E-state index >= 15 is 0 Å². The first-order valence-corrected chi connectivity index (χ1v) is 11.7. The Bertz CT molecular complexity index is 743. The molecule has 1 aromatic carbocycles. The van der Waals surface area contributed by atoms with Gasteiger partial charge in [0.1, 0.15) is 18.2 Å². The van der Waals surface area contributed by atoms with Crippen LogP contribution in [-0.4, -0.2) is 48.0 Å². The van der Waals surface area contributed by atoms with Crippen molar-refractivity contribution in [2.24, 2.45) is 0 Å². The van der Waals surface area contributed by atoms with Gasteiger partial charge in [0.25, 0.3) is 0 Å². The monoisotopic (exact) mass is 447 g/mol. The summed E-state index contributed by atoms with van der Waals surface area (Å²) in [5.74, 6) is -0.515. The summed E-state index contributed by atoms with van der Waals surface area (Å²) in [4.78, 5) is 40.1. The van der Waals surface area contributed by atoms with E-state index in [2.05, 4.69) is 17.6 Å². The van der Waals surface area contributed by atoms with Crippen molar-refractivity contribution < 1.29 is 19.1 Å². The Hall–Kier alpha value is -2.57. The predicted molar refractivity (Wildman–Crippen MR) is 127 cm³/mol. The number of carbonyl (C=O) groups is 3. The van der Waals surface area contributed by atoms with Crippen LogP contribution in [0.1, 0.15) is 83.9 Å². The number of hydrogen-bond donors (Lipinski definition) is 2. The zero-order valence-corrected chi connectivity index (χ0v) is 20.6. The predicted octanol–water partition coefficient (Wildman–Crippen LogP) is 4.50. The highest BCUT2D eigenvalue weighted by Crippen LogP contribution is 2.25. The second kappa shape index (κ2) is 13.8. The van der Waals surface area contributed by atoms with Crippen molar-refractivity contribution in [3.63, 3.8) is 0 Å². The molecule has 1 aromatic rings. The molecule has 0 aliphatic carbocycles. The molecule has 0 spiro atoms. The lowest BCUT2D eigenvalue weighted by Gasteiger charge is -2.32. The lowest BCUT2D eigenvalue weighted by atomic mass is 9.98. The van der Waals surface area contributed by atoms with E-state index in [1.165, 1.54) is 0 Å². The van der Waals surface area contributed by atoms with Crippen LogP contribution < -0.4 is 10.6 Å². The third-order valence-corrected chi connectivity index (χ3v) is 4.98.